The highest BCUT2D eigenvalue weighted by atomic mass is 16.6. The van der Waals surface area contributed by atoms with E-state index >= 15 is 0 Å². The van der Waals surface area contributed by atoms with Gasteiger partial charge in [-0.05, 0) is 93.0 Å². The molecule has 4 heterocycles. The number of carbonyl (C=O) groups excluding carboxylic acids is 3. The smallest absolute Gasteiger partial charge is 0.410 e. The van der Waals surface area contributed by atoms with Crippen LogP contribution in [0.3, 0.4) is 0 Å². The fraction of sp³-hybridized carbons (Fsp3) is 0.375. The molecule has 12 heteroatoms. The Hall–Kier alpha value is -5.65. The fourth-order valence-corrected chi connectivity index (χ4v) is 7.19. The molecule has 0 bridgehead atoms. The van der Waals surface area contributed by atoms with Crippen molar-refractivity contribution < 1.29 is 23.9 Å². The largest absolute Gasteiger partial charge is 0.453 e. The molecular weight excluding hydrogens is 658 g/mol. The second-order valence-corrected chi connectivity index (χ2v) is 14.6. The molecule has 2 aromatic heterocycles. The number of nitrogens with one attached hydrogen (secondary N) is 3. The highest BCUT2D eigenvalue weighted by Crippen LogP contribution is 2.35. The highest BCUT2D eigenvalue weighted by Gasteiger charge is 2.36. The van der Waals surface area contributed by atoms with Crippen LogP contribution in [-0.2, 0) is 14.3 Å². The van der Waals surface area contributed by atoms with Crippen LogP contribution in [-0.4, -0.2) is 79.7 Å². The van der Waals surface area contributed by atoms with E-state index in [2.05, 4.69) is 90.7 Å². The summed E-state index contributed by atoms with van der Waals surface area (Å²) < 4.78 is 10.3. The lowest BCUT2D eigenvalue weighted by Crippen LogP contribution is -2.46. The SMILES string of the molecule is COC(=O)N[C@@H](C)C(=O)N1CCC[C@H]1c1ncc(-c2ccc3cc(-c4ccc(-c5cnc(C6CCCN6C(=O)OC(C)(C)C)[nH]5)cc4)ccc3c2)[nH]1. The van der Waals surface area contributed by atoms with Gasteiger partial charge in [0.15, 0.2) is 0 Å². The third-order valence-electron chi connectivity index (χ3n) is 9.81. The number of hydrogen-bond acceptors (Lipinski definition) is 7. The zero-order valence-corrected chi connectivity index (χ0v) is 30.2. The number of likely N-dealkylation sites (tertiary alicyclic amines) is 2. The van der Waals surface area contributed by atoms with E-state index in [-0.39, 0.29) is 24.1 Å². The molecule has 2 aliphatic heterocycles. The minimum Gasteiger partial charge on any atom is -0.453 e. The molecule has 0 aliphatic carbocycles. The summed E-state index contributed by atoms with van der Waals surface area (Å²) in [6.45, 7) is 8.57. The van der Waals surface area contributed by atoms with Crippen molar-refractivity contribution in [1.29, 1.82) is 0 Å². The number of rotatable bonds is 7. The van der Waals surface area contributed by atoms with Gasteiger partial charge in [-0.15, -0.1) is 0 Å². The van der Waals surface area contributed by atoms with Crippen LogP contribution in [0.1, 0.15) is 77.1 Å². The number of alkyl carbamates (subject to hydrolysis) is 1. The Morgan fingerprint density at radius 2 is 1.29 bits per heavy atom. The van der Waals surface area contributed by atoms with Crippen LogP contribution in [0, 0.1) is 0 Å². The molecule has 5 aromatic rings. The lowest BCUT2D eigenvalue weighted by molar-refractivity contribution is -0.134. The minimum absolute atomic E-state index is 0.128. The summed E-state index contributed by atoms with van der Waals surface area (Å²) in [7, 11) is 1.28. The van der Waals surface area contributed by atoms with Crippen LogP contribution in [0.5, 0.6) is 0 Å². The number of hydrogen-bond donors (Lipinski definition) is 3. The molecule has 2 saturated heterocycles. The Morgan fingerprint density at radius 3 is 1.90 bits per heavy atom. The van der Waals surface area contributed by atoms with Gasteiger partial charge in [0.05, 0.1) is 43.0 Å². The van der Waals surface area contributed by atoms with Crippen LogP contribution in [0.4, 0.5) is 9.59 Å². The Kier molecular flexibility index (Phi) is 9.48. The van der Waals surface area contributed by atoms with Crippen LogP contribution in [0.25, 0.3) is 44.4 Å². The first kappa shape index (κ1) is 34.8. The zero-order chi connectivity index (χ0) is 36.6. The normalized spacial score (nSPS) is 18.1. The molecule has 7 rings (SSSR count). The predicted octanol–water partition coefficient (Wildman–Crippen LogP) is 7.77. The van der Waals surface area contributed by atoms with Gasteiger partial charge in [-0.3, -0.25) is 9.69 Å². The van der Waals surface area contributed by atoms with Crippen molar-refractivity contribution in [3.8, 4) is 33.6 Å². The number of carbonyl (C=O) groups is 3. The summed E-state index contributed by atoms with van der Waals surface area (Å²) >= 11 is 0. The van der Waals surface area contributed by atoms with Gasteiger partial charge >= 0.3 is 12.2 Å². The maximum absolute atomic E-state index is 13.1. The number of aromatic amines is 2. The average Bonchev–Trinajstić information content (AvgIpc) is 3.96. The monoisotopic (exact) mass is 703 g/mol. The lowest BCUT2D eigenvalue weighted by Gasteiger charge is -2.27. The van der Waals surface area contributed by atoms with Crippen LogP contribution < -0.4 is 5.32 Å². The van der Waals surface area contributed by atoms with Crippen LogP contribution in [0.2, 0.25) is 0 Å². The second-order valence-electron chi connectivity index (χ2n) is 14.6. The molecule has 0 saturated carbocycles. The van der Waals surface area contributed by atoms with Crippen molar-refractivity contribution in [3.05, 3.63) is 84.7 Å². The lowest BCUT2D eigenvalue weighted by atomic mass is 9.98. The first-order chi connectivity index (χ1) is 25.0. The molecule has 270 valence electrons. The van der Waals surface area contributed by atoms with Gasteiger partial charge in [-0.1, -0.05) is 48.5 Å². The standard InChI is InChI=1S/C40H45N7O5/c1-24(43-38(49)51-5)37(48)46-18-6-8-33(46)35-42-23-32(45-35)30-17-16-28-20-27(14-15-29(28)21-30)25-10-12-26(13-11-25)31-22-41-36(44-31)34-9-7-19-47(34)39(50)52-40(2,3)4/h10-17,20-24,33-34H,6-9,18-19H2,1-5H3,(H,41,44)(H,42,45)(H,43,49)/t24-,33-,34?/m0/s1. The van der Waals surface area contributed by atoms with Gasteiger partial charge in [0.1, 0.15) is 23.3 Å². The molecule has 2 aliphatic rings. The van der Waals surface area contributed by atoms with E-state index in [1.54, 1.807) is 16.7 Å². The summed E-state index contributed by atoms with van der Waals surface area (Å²) in [5.41, 5.74) is 5.48. The predicted molar refractivity (Wildman–Crippen MR) is 198 cm³/mol. The van der Waals surface area contributed by atoms with Crippen LogP contribution in [0.15, 0.2) is 73.1 Å². The van der Waals surface area contributed by atoms with Gasteiger partial charge < -0.3 is 29.7 Å². The molecule has 0 radical (unpaired) electrons. The first-order valence-corrected chi connectivity index (χ1v) is 17.9. The highest BCUT2D eigenvalue weighted by molar-refractivity contribution is 5.91. The Labute approximate surface area is 302 Å². The zero-order valence-electron chi connectivity index (χ0n) is 30.2. The Morgan fingerprint density at radius 1 is 0.769 bits per heavy atom. The topological polar surface area (TPSA) is 146 Å². The fourth-order valence-electron chi connectivity index (χ4n) is 7.19. The summed E-state index contributed by atoms with van der Waals surface area (Å²) in [4.78, 5) is 57.4. The van der Waals surface area contributed by atoms with E-state index in [0.29, 0.717) is 13.1 Å². The van der Waals surface area contributed by atoms with Gasteiger partial charge in [-0.2, -0.15) is 0 Å². The maximum atomic E-state index is 13.1. The van der Waals surface area contributed by atoms with Crippen LogP contribution >= 0.6 is 0 Å². The molecule has 3 N–H and O–H groups in total. The molecule has 3 amide bonds. The third-order valence-corrected chi connectivity index (χ3v) is 9.81. The van der Waals surface area contributed by atoms with E-state index in [1.165, 1.54) is 7.11 Å². The summed E-state index contributed by atoms with van der Waals surface area (Å²) in [5.74, 6) is 1.35. The number of benzene rings is 3. The molecule has 3 atom stereocenters. The first-order valence-electron chi connectivity index (χ1n) is 17.9. The van der Waals surface area contributed by atoms with E-state index in [0.717, 1.165) is 81.7 Å². The number of methoxy groups -OCH3 is 1. The molecule has 12 nitrogen and oxygen atoms in total. The van der Waals surface area contributed by atoms with Crippen molar-refractivity contribution in [1.82, 2.24) is 35.1 Å². The number of ether oxygens (including phenoxy) is 2. The van der Waals surface area contributed by atoms with Gasteiger partial charge in [0.25, 0.3) is 0 Å². The molecule has 3 aromatic carbocycles. The van der Waals surface area contributed by atoms with Gasteiger partial charge in [-0.25, -0.2) is 19.6 Å². The van der Waals surface area contributed by atoms with E-state index in [4.69, 9.17) is 4.74 Å². The Bertz CT molecular complexity index is 2100. The Balaban J connectivity index is 1.03. The summed E-state index contributed by atoms with van der Waals surface area (Å²) in [6.07, 6.45) is 6.13. The number of imidazole rings is 2. The van der Waals surface area contributed by atoms with Gasteiger partial charge in [0, 0.05) is 18.7 Å². The number of H-pyrrole nitrogens is 2. The molecular formula is C40H45N7O5. The number of amides is 3. The van der Waals surface area contributed by atoms with E-state index < -0.39 is 17.7 Å². The average molecular weight is 704 g/mol. The summed E-state index contributed by atoms with van der Waals surface area (Å²) in [5, 5.41) is 4.79. The summed E-state index contributed by atoms with van der Waals surface area (Å²) in [6, 6.07) is 20.2. The third kappa shape index (κ3) is 7.23. The van der Waals surface area contributed by atoms with Crippen molar-refractivity contribution in [2.24, 2.45) is 0 Å². The minimum atomic E-state index is -0.697. The number of aromatic nitrogens is 4. The van der Waals surface area contributed by atoms with Crippen molar-refractivity contribution in [2.75, 3.05) is 20.2 Å². The number of nitrogens with zero attached hydrogens (tertiary/aromatic N) is 4. The second kappa shape index (κ2) is 14.2. The van der Waals surface area contributed by atoms with E-state index in [1.807, 2.05) is 33.2 Å². The number of fused-ring (bicyclic) bond motifs is 1. The molecule has 2 fully saturated rings. The molecule has 0 spiro atoms. The van der Waals surface area contributed by atoms with Gasteiger partial charge in [0.2, 0.25) is 5.91 Å². The quantitative estimate of drug-likeness (QED) is 0.157. The maximum Gasteiger partial charge on any atom is 0.410 e. The van der Waals surface area contributed by atoms with E-state index in [9.17, 15) is 14.4 Å². The van der Waals surface area contributed by atoms with Crippen molar-refractivity contribution in [3.63, 3.8) is 0 Å². The molecule has 52 heavy (non-hydrogen) atoms. The van der Waals surface area contributed by atoms with Crippen molar-refractivity contribution >= 4 is 28.9 Å². The van der Waals surface area contributed by atoms with Crippen molar-refractivity contribution in [2.45, 2.75) is 77.1 Å². The molecule has 1 unspecified atom stereocenters.